The Labute approximate surface area is 161 Å². The van der Waals surface area contributed by atoms with Crippen LogP contribution in [-0.4, -0.2) is 57.7 Å². The molecule has 8 nitrogen and oxygen atoms in total. The van der Waals surface area contributed by atoms with E-state index in [-0.39, 0.29) is 5.95 Å². The molecule has 1 fully saturated rings. The van der Waals surface area contributed by atoms with E-state index in [2.05, 4.69) is 26.7 Å². The molecule has 0 aromatic carbocycles. The normalized spacial score (nSPS) is 17.6. The van der Waals surface area contributed by atoms with Crippen LogP contribution in [0.25, 0.3) is 21.6 Å². The molecule has 3 aromatic rings. The number of ether oxygens (including phenoxy) is 1. The van der Waals surface area contributed by atoms with Crippen molar-refractivity contribution >= 4 is 33.3 Å². The zero-order valence-corrected chi connectivity index (χ0v) is 16.0. The number of hydrogen-bond donors (Lipinski definition) is 1. The number of rotatable bonds is 3. The third kappa shape index (κ3) is 2.91. The predicted molar refractivity (Wildman–Crippen MR) is 106 cm³/mol. The van der Waals surface area contributed by atoms with Crippen molar-refractivity contribution in [3.8, 4) is 11.4 Å². The van der Waals surface area contributed by atoms with Crippen molar-refractivity contribution in [1.82, 2.24) is 24.8 Å². The van der Waals surface area contributed by atoms with Crippen LogP contribution in [0.15, 0.2) is 12.4 Å². The molecule has 3 aromatic heterocycles. The predicted octanol–water partition coefficient (Wildman–Crippen LogP) is 1.90. The minimum absolute atomic E-state index is 0.253. The van der Waals surface area contributed by atoms with Gasteiger partial charge in [-0.3, -0.25) is 4.90 Å². The molecule has 9 heteroatoms. The molecule has 140 valence electrons. The van der Waals surface area contributed by atoms with Crippen LogP contribution in [0.4, 0.5) is 11.8 Å². The molecule has 0 bridgehead atoms. The van der Waals surface area contributed by atoms with Crippen molar-refractivity contribution in [2.24, 2.45) is 0 Å². The van der Waals surface area contributed by atoms with Gasteiger partial charge < -0.3 is 15.4 Å². The number of nitrogens with zero attached hydrogens (tertiary/aromatic N) is 6. The quantitative estimate of drug-likeness (QED) is 0.733. The van der Waals surface area contributed by atoms with Crippen molar-refractivity contribution in [2.75, 3.05) is 43.5 Å². The molecule has 1 saturated heterocycles. The summed E-state index contributed by atoms with van der Waals surface area (Å²) in [5.41, 5.74) is 8.83. The molecule has 2 aliphatic heterocycles. The van der Waals surface area contributed by atoms with Gasteiger partial charge in [-0.1, -0.05) is 6.92 Å². The number of anilines is 2. The molecular formula is C18H21N7OS. The number of aromatic nitrogens is 4. The Hall–Kier alpha value is -2.36. The number of fused-ring (bicyclic) bond motifs is 3. The summed E-state index contributed by atoms with van der Waals surface area (Å²) in [5, 5.41) is 0. The van der Waals surface area contributed by atoms with Gasteiger partial charge in [-0.25, -0.2) is 19.9 Å². The van der Waals surface area contributed by atoms with Gasteiger partial charge in [0.15, 0.2) is 11.6 Å². The topological polar surface area (TPSA) is 93.3 Å². The molecule has 0 unspecified atom stereocenters. The second kappa shape index (κ2) is 6.66. The Morgan fingerprint density at radius 2 is 1.93 bits per heavy atom. The maximum atomic E-state index is 5.64. The first-order chi connectivity index (χ1) is 13.2. The summed E-state index contributed by atoms with van der Waals surface area (Å²) < 4.78 is 6.71. The molecule has 27 heavy (non-hydrogen) atoms. The molecule has 2 N–H and O–H groups in total. The Morgan fingerprint density at radius 3 is 2.67 bits per heavy atom. The molecule has 0 atom stereocenters. The smallest absolute Gasteiger partial charge is 0.219 e. The highest BCUT2D eigenvalue weighted by Crippen LogP contribution is 2.41. The lowest BCUT2D eigenvalue weighted by molar-refractivity contribution is 0.122. The molecule has 5 rings (SSSR count). The number of nitrogens with two attached hydrogens (primary N) is 1. The average molecular weight is 383 g/mol. The second-order valence-electron chi connectivity index (χ2n) is 6.78. The van der Waals surface area contributed by atoms with Crippen LogP contribution in [0.3, 0.4) is 0 Å². The van der Waals surface area contributed by atoms with Gasteiger partial charge in [-0.2, -0.15) is 0 Å². The fourth-order valence-electron chi connectivity index (χ4n) is 3.62. The van der Waals surface area contributed by atoms with Gasteiger partial charge in [-0.05, 0) is 6.54 Å². The first kappa shape index (κ1) is 16.8. The third-order valence-corrected chi connectivity index (χ3v) is 6.33. The highest BCUT2D eigenvalue weighted by atomic mass is 32.1. The Bertz CT molecular complexity index is 982. The van der Waals surface area contributed by atoms with Crippen LogP contribution >= 0.6 is 11.3 Å². The van der Waals surface area contributed by atoms with E-state index in [1.165, 1.54) is 15.1 Å². The van der Waals surface area contributed by atoms with Gasteiger partial charge in [0, 0.05) is 49.0 Å². The summed E-state index contributed by atoms with van der Waals surface area (Å²) in [5.74, 6) is 1.90. The zero-order valence-electron chi connectivity index (χ0n) is 15.2. The molecule has 0 spiro atoms. The largest absolute Gasteiger partial charge is 0.378 e. The maximum Gasteiger partial charge on any atom is 0.219 e. The monoisotopic (exact) mass is 383 g/mol. The van der Waals surface area contributed by atoms with Gasteiger partial charge >= 0.3 is 0 Å². The van der Waals surface area contributed by atoms with Crippen molar-refractivity contribution in [3.63, 3.8) is 0 Å². The molecule has 0 saturated carbocycles. The summed E-state index contributed by atoms with van der Waals surface area (Å²) in [6.07, 6.45) is 3.38. The lowest BCUT2D eigenvalue weighted by Gasteiger charge is -2.28. The molecule has 5 heterocycles. The van der Waals surface area contributed by atoms with Crippen LogP contribution in [0.1, 0.15) is 17.4 Å². The van der Waals surface area contributed by atoms with E-state index in [1.54, 1.807) is 12.4 Å². The van der Waals surface area contributed by atoms with Crippen molar-refractivity contribution < 1.29 is 4.74 Å². The fourth-order valence-corrected chi connectivity index (χ4v) is 4.93. The first-order valence-corrected chi connectivity index (χ1v) is 10.00. The van der Waals surface area contributed by atoms with Crippen LogP contribution < -0.4 is 10.6 Å². The van der Waals surface area contributed by atoms with Gasteiger partial charge in [0.1, 0.15) is 0 Å². The van der Waals surface area contributed by atoms with Gasteiger partial charge in [-0.15, -0.1) is 11.3 Å². The van der Waals surface area contributed by atoms with E-state index in [4.69, 9.17) is 20.4 Å². The lowest BCUT2D eigenvalue weighted by Crippen LogP contribution is -2.37. The zero-order chi connectivity index (χ0) is 18.4. The Balaban J connectivity index is 1.68. The van der Waals surface area contributed by atoms with Crippen molar-refractivity contribution in [2.45, 2.75) is 20.0 Å². The van der Waals surface area contributed by atoms with E-state index < -0.39 is 0 Å². The number of thiophene rings is 1. The minimum Gasteiger partial charge on any atom is -0.378 e. The van der Waals surface area contributed by atoms with E-state index >= 15 is 0 Å². The van der Waals surface area contributed by atoms with E-state index in [0.717, 1.165) is 62.8 Å². The summed E-state index contributed by atoms with van der Waals surface area (Å²) in [6.45, 7) is 8.31. The SMILES string of the molecule is CCN1Cc2sc3c(N4CCOCC4)nc(-c4cnc(N)nc4)nc3c2C1. The standard InChI is InChI=1S/C18H21N7OS/c1-2-24-9-12-13(10-24)27-15-14(12)22-16(11-7-20-18(19)21-8-11)23-17(15)25-3-5-26-6-4-25/h7-8H,2-6,9-10H2,1H3,(H2,19,20,21). The number of hydrogen-bond acceptors (Lipinski definition) is 9. The van der Waals surface area contributed by atoms with E-state index in [9.17, 15) is 0 Å². The average Bonchev–Trinajstić information content (AvgIpc) is 3.26. The summed E-state index contributed by atoms with van der Waals surface area (Å²) in [6, 6.07) is 0. The minimum atomic E-state index is 0.253. The molecule has 0 amide bonds. The molecule has 2 aliphatic rings. The first-order valence-electron chi connectivity index (χ1n) is 9.18. The number of morpholine rings is 1. The fraction of sp³-hybridized carbons (Fsp3) is 0.444. The van der Waals surface area contributed by atoms with Crippen molar-refractivity contribution in [3.05, 3.63) is 22.8 Å². The Kier molecular flexibility index (Phi) is 4.14. The van der Waals surface area contributed by atoms with E-state index in [0.29, 0.717) is 5.82 Å². The number of nitrogen functional groups attached to an aromatic ring is 1. The summed E-state index contributed by atoms with van der Waals surface area (Å²) in [7, 11) is 0. The maximum absolute atomic E-state index is 5.64. The lowest BCUT2D eigenvalue weighted by atomic mass is 10.2. The van der Waals surface area contributed by atoms with Gasteiger partial charge in [0.2, 0.25) is 5.95 Å². The molecule has 0 aliphatic carbocycles. The van der Waals surface area contributed by atoms with Crippen LogP contribution in [0, 0.1) is 0 Å². The van der Waals surface area contributed by atoms with Gasteiger partial charge in [0.25, 0.3) is 0 Å². The van der Waals surface area contributed by atoms with Crippen LogP contribution in [-0.2, 0) is 17.8 Å². The summed E-state index contributed by atoms with van der Waals surface area (Å²) in [4.78, 5) is 24.2. The van der Waals surface area contributed by atoms with Crippen molar-refractivity contribution in [1.29, 1.82) is 0 Å². The Morgan fingerprint density at radius 1 is 1.15 bits per heavy atom. The van der Waals surface area contributed by atoms with Crippen LogP contribution in [0.5, 0.6) is 0 Å². The third-order valence-electron chi connectivity index (χ3n) is 5.13. The molecular weight excluding hydrogens is 362 g/mol. The van der Waals surface area contributed by atoms with E-state index in [1.807, 2.05) is 11.3 Å². The van der Waals surface area contributed by atoms with Gasteiger partial charge in [0.05, 0.1) is 29.0 Å². The van der Waals surface area contributed by atoms with Crippen LogP contribution in [0.2, 0.25) is 0 Å². The second-order valence-corrected chi connectivity index (χ2v) is 7.89. The highest BCUT2D eigenvalue weighted by molar-refractivity contribution is 7.19. The molecule has 0 radical (unpaired) electrons. The highest BCUT2D eigenvalue weighted by Gasteiger charge is 2.28. The summed E-state index contributed by atoms with van der Waals surface area (Å²) >= 11 is 1.83.